The maximum atomic E-state index is 3.94. The molecule has 0 radical (unpaired) electrons. The Morgan fingerprint density at radius 2 is 1.22 bits per heavy atom. The molecule has 52 valence electrons. The lowest BCUT2D eigenvalue weighted by Crippen LogP contribution is -1.77. The Morgan fingerprint density at radius 1 is 1.00 bits per heavy atom. The fourth-order valence-electron chi connectivity index (χ4n) is 0.297. The molecule has 0 aliphatic carbocycles. The molecule has 0 amide bonds. The summed E-state index contributed by atoms with van der Waals surface area (Å²) in [5, 5.41) is 0. The van der Waals surface area contributed by atoms with Gasteiger partial charge in [-0.2, -0.15) is 9.21 Å². The van der Waals surface area contributed by atoms with E-state index in [0.29, 0.717) is 0 Å². The first-order chi connectivity index (χ1) is 3.89. The van der Waals surface area contributed by atoms with Gasteiger partial charge < -0.3 is 0 Å². The van der Waals surface area contributed by atoms with Crippen LogP contribution in [0.3, 0.4) is 0 Å². The summed E-state index contributed by atoms with van der Waals surface area (Å²) >= 11 is 0. The monoisotopic (exact) mass is 142 g/mol. The summed E-state index contributed by atoms with van der Waals surface area (Å²) in [5.41, 5.74) is 0. The van der Waals surface area contributed by atoms with Gasteiger partial charge in [-0.25, -0.2) is 0 Å². The standard InChI is InChI=1S/C8H14S/c1-7(2)9(5,6)8(3)4/h1,3,5-6H2,2,4H3. The van der Waals surface area contributed by atoms with Crippen molar-refractivity contribution in [3.05, 3.63) is 23.0 Å². The van der Waals surface area contributed by atoms with Gasteiger partial charge in [-0.3, -0.25) is 0 Å². The highest BCUT2D eigenvalue weighted by molar-refractivity contribution is 8.33. The molecule has 0 rings (SSSR count). The van der Waals surface area contributed by atoms with Crippen molar-refractivity contribution in [1.29, 1.82) is 0 Å². The average molecular weight is 142 g/mol. The Bertz CT molecular complexity index is 207. The van der Waals surface area contributed by atoms with Gasteiger partial charge in [-0.15, -0.1) is 0 Å². The SMILES string of the molecule is C=C(C)S(=C)(=C)C(=C)C. The minimum Gasteiger partial charge on any atom is -0.169 e. The molecule has 0 unspecified atom stereocenters. The van der Waals surface area contributed by atoms with Crippen LogP contribution in [0, 0.1) is 0 Å². The zero-order valence-corrected chi connectivity index (χ0v) is 7.05. The van der Waals surface area contributed by atoms with Crippen LogP contribution in [0.4, 0.5) is 0 Å². The molecular weight excluding hydrogens is 128 g/mol. The van der Waals surface area contributed by atoms with Gasteiger partial charge in [0.25, 0.3) is 0 Å². The normalized spacial score (nSPS) is 10.9. The highest BCUT2D eigenvalue weighted by Crippen LogP contribution is 2.35. The van der Waals surface area contributed by atoms with E-state index < -0.39 is 9.21 Å². The van der Waals surface area contributed by atoms with Crippen molar-refractivity contribution >= 4 is 20.9 Å². The fraction of sp³-hybridized carbons (Fsp3) is 0.250. The molecular formula is C8H14S. The summed E-state index contributed by atoms with van der Waals surface area (Å²) < 4.78 is 0. The second kappa shape index (κ2) is 2.44. The molecule has 0 saturated heterocycles. The summed E-state index contributed by atoms with van der Waals surface area (Å²) in [7, 11) is -1.20. The number of hydrogen-bond donors (Lipinski definition) is 0. The van der Waals surface area contributed by atoms with Gasteiger partial charge >= 0.3 is 0 Å². The highest BCUT2D eigenvalue weighted by atomic mass is 32.2. The lowest BCUT2D eigenvalue weighted by Gasteiger charge is -2.12. The van der Waals surface area contributed by atoms with Crippen molar-refractivity contribution < 1.29 is 0 Å². The van der Waals surface area contributed by atoms with E-state index in [4.69, 9.17) is 0 Å². The van der Waals surface area contributed by atoms with Crippen molar-refractivity contribution in [2.75, 3.05) is 0 Å². The Morgan fingerprint density at radius 3 is 1.22 bits per heavy atom. The van der Waals surface area contributed by atoms with Crippen LogP contribution >= 0.6 is 9.21 Å². The Hall–Kier alpha value is -0.430. The van der Waals surface area contributed by atoms with Crippen LogP contribution in [0.15, 0.2) is 23.0 Å². The first-order valence-corrected chi connectivity index (χ1v) is 4.66. The van der Waals surface area contributed by atoms with Gasteiger partial charge in [0.1, 0.15) is 0 Å². The number of rotatable bonds is 2. The summed E-state index contributed by atoms with van der Waals surface area (Å²) in [6.07, 6.45) is 0. The lowest BCUT2D eigenvalue weighted by atomic mass is 10.7. The zero-order chi connectivity index (χ0) is 7.65. The first-order valence-electron chi connectivity index (χ1n) is 2.69. The molecule has 0 aromatic carbocycles. The largest absolute Gasteiger partial charge is 0.169 e. The minimum absolute atomic E-state index is 1.04. The summed E-state index contributed by atoms with van der Waals surface area (Å²) in [6, 6.07) is 0. The van der Waals surface area contributed by atoms with Crippen molar-refractivity contribution in [3.8, 4) is 0 Å². The fourth-order valence-corrected chi connectivity index (χ4v) is 0.892. The molecule has 0 atom stereocenters. The molecule has 0 aliphatic rings. The second-order valence-corrected chi connectivity index (χ2v) is 5.45. The van der Waals surface area contributed by atoms with Gasteiger partial charge in [-0.1, -0.05) is 24.9 Å². The van der Waals surface area contributed by atoms with E-state index in [0.717, 1.165) is 9.81 Å². The molecule has 0 nitrogen and oxygen atoms in total. The van der Waals surface area contributed by atoms with E-state index >= 15 is 0 Å². The molecule has 0 spiro atoms. The third-order valence-corrected chi connectivity index (χ3v) is 4.00. The van der Waals surface area contributed by atoms with Crippen LogP contribution in [-0.4, -0.2) is 11.7 Å². The summed E-state index contributed by atoms with van der Waals surface area (Å²) in [6.45, 7) is 11.5. The van der Waals surface area contributed by atoms with Crippen LogP contribution in [0.5, 0.6) is 0 Å². The van der Waals surface area contributed by atoms with Crippen LogP contribution in [0.1, 0.15) is 13.8 Å². The van der Waals surface area contributed by atoms with Gasteiger partial charge in [0.2, 0.25) is 0 Å². The number of allylic oxidation sites excluding steroid dienone is 2. The van der Waals surface area contributed by atoms with E-state index in [1.54, 1.807) is 0 Å². The van der Waals surface area contributed by atoms with Crippen molar-refractivity contribution in [1.82, 2.24) is 0 Å². The summed E-state index contributed by atoms with van der Waals surface area (Å²) in [5.74, 6) is 7.88. The second-order valence-electron chi connectivity index (χ2n) is 2.29. The van der Waals surface area contributed by atoms with E-state index in [1.165, 1.54) is 0 Å². The van der Waals surface area contributed by atoms with Crippen LogP contribution < -0.4 is 0 Å². The van der Waals surface area contributed by atoms with Crippen LogP contribution in [-0.2, 0) is 0 Å². The van der Waals surface area contributed by atoms with Crippen molar-refractivity contribution in [2.45, 2.75) is 13.8 Å². The smallest absolute Gasteiger partial charge is 0.0330 e. The molecule has 0 heterocycles. The average Bonchev–Trinajstić information content (AvgIpc) is 1.65. The molecule has 0 aromatic heterocycles. The first kappa shape index (κ1) is 8.57. The lowest BCUT2D eigenvalue weighted by molar-refractivity contribution is 1.68. The van der Waals surface area contributed by atoms with E-state index in [1.807, 2.05) is 13.8 Å². The molecule has 9 heavy (non-hydrogen) atoms. The quantitative estimate of drug-likeness (QED) is 0.520. The maximum absolute atomic E-state index is 3.94. The Balaban J connectivity index is 4.87. The summed E-state index contributed by atoms with van der Waals surface area (Å²) in [4.78, 5) is 2.07. The maximum Gasteiger partial charge on any atom is -0.0330 e. The third kappa shape index (κ3) is 1.75. The van der Waals surface area contributed by atoms with Crippen molar-refractivity contribution in [2.24, 2.45) is 0 Å². The molecule has 0 aromatic rings. The topological polar surface area (TPSA) is 0 Å². The highest BCUT2D eigenvalue weighted by Gasteiger charge is 1.95. The third-order valence-electron chi connectivity index (χ3n) is 1.33. The van der Waals surface area contributed by atoms with E-state index in [2.05, 4.69) is 24.9 Å². The molecule has 1 heteroatoms. The predicted octanol–water partition coefficient (Wildman–Crippen LogP) is 2.72. The zero-order valence-electron chi connectivity index (χ0n) is 6.24. The number of hydrogen-bond acceptors (Lipinski definition) is 0. The molecule has 0 N–H and O–H groups in total. The van der Waals surface area contributed by atoms with Gasteiger partial charge in [0.05, 0.1) is 0 Å². The van der Waals surface area contributed by atoms with Crippen LogP contribution in [0.2, 0.25) is 0 Å². The van der Waals surface area contributed by atoms with E-state index in [-0.39, 0.29) is 0 Å². The molecule has 0 fully saturated rings. The van der Waals surface area contributed by atoms with E-state index in [9.17, 15) is 0 Å². The van der Waals surface area contributed by atoms with Gasteiger partial charge in [0.15, 0.2) is 0 Å². The Kier molecular flexibility index (Phi) is 2.32. The molecule has 0 aliphatic heterocycles. The molecule has 0 bridgehead atoms. The van der Waals surface area contributed by atoms with Gasteiger partial charge in [0, 0.05) is 0 Å². The van der Waals surface area contributed by atoms with Crippen molar-refractivity contribution in [3.63, 3.8) is 0 Å². The minimum atomic E-state index is -1.20. The predicted molar refractivity (Wildman–Crippen MR) is 51.5 cm³/mol. The van der Waals surface area contributed by atoms with Gasteiger partial charge in [-0.05, 0) is 23.7 Å². The molecule has 0 saturated carbocycles. The Labute approximate surface area is 58.4 Å². The van der Waals surface area contributed by atoms with Crippen LogP contribution in [0.25, 0.3) is 0 Å².